The number of aryl methyl sites for hydroxylation is 1. The van der Waals surface area contributed by atoms with Crippen molar-refractivity contribution >= 4 is 54.4 Å². The minimum Gasteiger partial charge on any atom is -0.744 e. The van der Waals surface area contributed by atoms with Gasteiger partial charge in [-0.15, -0.1) is 10.2 Å². The van der Waals surface area contributed by atoms with Crippen LogP contribution in [0.3, 0.4) is 0 Å². The molecule has 4 aromatic carbocycles. The van der Waals surface area contributed by atoms with Crippen LogP contribution in [0.25, 0.3) is 21.5 Å². The summed E-state index contributed by atoms with van der Waals surface area (Å²) in [4.78, 5) is -0.530. The molecule has 282 valence electrons. The van der Waals surface area contributed by atoms with Gasteiger partial charge in [-0.25, -0.2) is 12.6 Å². The lowest BCUT2D eigenvalue weighted by Gasteiger charge is -2.24. The third kappa shape index (κ3) is 9.36. The number of hydrogen-bond acceptors (Lipinski definition) is 9. The molecule has 6 rings (SSSR count). The van der Waals surface area contributed by atoms with Crippen LogP contribution < -0.4 is 4.18 Å². The van der Waals surface area contributed by atoms with Crippen LogP contribution in [0.1, 0.15) is 45.1 Å². The second-order valence-corrected chi connectivity index (χ2v) is 17.8. The molecule has 2 heterocycles. The number of azo groups is 1. The summed E-state index contributed by atoms with van der Waals surface area (Å²) in [6.45, 7) is 12.4. The van der Waals surface area contributed by atoms with Crippen LogP contribution in [0, 0.1) is 30.6 Å². The number of likely N-dealkylation sites (tertiary alicyclic amines) is 2. The van der Waals surface area contributed by atoms with Gasteiger partial charge in [0.1, 0.15) is 27.2 Å². The fourth-order valence-corrected chi connectivity index (χ4v) is 9.42. The van der Waals surface area contributed by atoms with Gasteiger partial charge in [0.05, 0.1) is 65.0 Å². The summed E-state index contributed by atoms with van der Waals surface area (Å²) in [5.41, 5.74) is 1.38. The van der Waals surface area contributed by atoms with E-state index < -0.39 is 37.9 Å². The molecule has 1 N–H and O–H groups in total. The lowest BCUT2D eigenvalue weighted by atomic mass is 9.83. The molecule has 0 radical (unpaired) electrons. The highest BCUT2D eigenvalue weighted by Crippen LogP contribution is 2.45. The van der Waals surface area contributed by atoms with Crippen LogP contribution in [-0.4, -0.2) is 90.2 Å². The highest BCUT2D eigenvalue weighted by molar-refractivity contribution is 7.85. The Bertz CT molecular complexity index is 2050. The average molecular weight is 753 g/mol. The van der Waals surface area contributed by atoms with Gasteiger partial charge in [-0.1, -0.05) is 50.2 Å². The van der Waals surface area contributed by atoms with Crippen molar-refractivity contribution < 1.29 is 40.0 Å². The Balaban J connectivity index is 0.000000225. The molecule has 0 aliphatic carbocycles. The predicted octanol–water partition coefficient (Wildman–Crippen LogP) is 7.73. The van der Waals surface area contributed by atoms with Gasteiger partial charge in [-0.05, 0) is 73.2 Å². The Morgan fingerprint density at radius 2 is 1.37 bits per heavy atom. The van der Waals surface area contributed by atoms with Gasteiger partial charge in [-0.2, -0.15) is 0 Å². The fourth-order valence-electron chi connectivity index (χ4n) is 8.64. The Kier molecular flexibility index (Phi) is 12.1. The number of nitrogens with zero attached hydrogens (tertiary/aromatic N) is 4. The molecule has 5 atom stereocenters. The number of rotatable bonds is 10. The first-order valence-electron chi connectivity index (χ1n) is 18.0. The van der Waals surface area contributed by atoms with E-state index in [0.717, 1.165) is 58.2 Å². The summed E-state index contributed by atoms with van der Waals surface area (Å²) in [6, 6.07) is 15.6. The number of phenolic OH excluding ortho intramolecular Hbond substituents is 1. The van der Waals surface area contributed by atoms with Crippen LogP contribution >= 0.6 is 0 Å². The topological polar surface area (TPSA) is 152 Å². The average Bonchev–Trinajstić information content (AvgIpc) is 3.56. The van der Waals surface area contributed by atoms with Gasteiger partial charge in [0.15, 0.2) is 11.5 Å². The van der Waals surface area contributed by atoms with Crippen molar-refractivity contribution in [1.29, 1.82) is 0 Å². The summed E-state index contributed by atoms with van der Waals surface area (Å²) in [6.07, 6.45) is 5.74. The van der Waals surface area contributed by atoms with Gasteiger partial charge < -0.3 is 27.4 Å². The number of fused-ring (bicyclic) bond motifs is 2. The SMILES string of the molecule is CCC1C[N+](C)(C)CC1CCC1C[N+](C)(C)CC1CC.Cc1ccc(N=Nc2c(O)c(OS(=O)[O-])cc3cc(S(=O)(=O)[O-])ccc23)c2ccccc12. The Hall–Kier alpha value is -3.46. The maximum atomic E-state index is 11.4. The van der Waals surface area contributed by atoms with E-state index in [1.807, 2.05) is 37.3 Å². The van der Waals surface area contributed by atoms with Crippen LogP contribution in [-0.2, 0) is 21.5 Å². The van der Waals surface area contributed by atoms with E-state index in [4.69, 9.17) is 0 Å². The van der Waals surface area contributed by atoms with Crippen LogP contribution in [0.2, 0.25) is 0 Å². The molecule has 0 spiro atoms. The van der Waals surface area contributed by atoms with Crippen LogP contribution in [0.5, 0.6) is 11.5 Å². The second-order valence-electron chi connectivity index (χ2n) is 15.9. The zero-order chi connectivity index (χ0) is 38.0. The van der Waals surface area contributed by atoms with E-state index in [1.54, 1.807) is 6.07 Å². The summed E-state index contributed by atoms with van der Waals surface area (Å²) in [5.74, 6) is 2.84. The molecule has 0 saturated carbocycles. The third-order valence-corrected chi connectivity index (χ3v) is 12.2. The van der Waals surface area contributed by atoms with E-state index in [0.29, 0.717) is 5.69 Å². The van der Waals surface area contributed by atoms with Crippen LogP contribution in [0.15, 0.2) is 75.8 Å². The normalized spacial score (nSPS) is 23.2. The van der Waals surface area contributed by atoms with Crippen molar-refractivity contribution in [3.63, 3.8) is 0 Å². The molecule has 2 saturated heterocycles. The van der Waals surface area contributed by atoms with Gasteiger partial charge in [-0.3, -0.25) is 0 Å². The van der Waals surface area contributed by atoms with Crippen molar-refractivity contribution in [2.45, 2.75) is 51.3 Å². The fraction of sp³-hybridized carbons (Fsp3) is 0.487. The van der Waals surface area contributed by atoms with E-state index in [-0.39, 0.29) is 16.5 Å². The first-order chi connectivity index (χ1) is 24.4. The van der Waals surface area contributed by atoms with Gasteiger partial charge >= 0.3 is 0 Å². The summed E-state index contributed by atoms with van der Waals surface area (Å²) < 4.78 is 63.3. The minimum absolute atomic E-state index is 0.114. The van der Waals surface area contributed by atoms with Crippen molar-refractivity contribution in [2.75, 3.05) is 54.4 Å². The highest BCUT2D eigenvalue weighted by atomic mass is 32.2. The molecule has 2 aliphatic rings. The first kappa shape index (κ1) is 39.7. The predicted molar refractivity (Wildman–Crippen MR) is 203 cm³/mol. The highest BCUT2D eigenvalue weighted by Gasteiger charge is 2.42. The van der Waals surface area contributed by atoms with Gasteiger partial charge in [0.2, 0.25) is 0 Å². The van der Waals surface area contributed by atoms with Crippen molar-refractivity contribution in [3.8, 4) is 11.5 Å². The van der Waals surface area contributed by atoms with Crippen molar-refractivity contribution in [2.24, 2.45) is 33.9 Å². The van der Waals surface area contributed by atoms with E-state index >= 15 is 0 Å². The first-order valence-corrected chi connectivity index (χ1v) is 20.4. The van der Waals surface area contributed by atoms with Crippen LogP contribution in [0.4, 0.5) is 11.4 Å². The zero-order valence-corrected chi connectivity index (χ0v) is 32.9. The third-order valence-electron chi connectivity index (χ3n) is 11.1. The molecule has 5 unspecified atom stereocenters. The minimum atomic E-state index is -4.77. The molecule has 13 heteroatoms. The number of quaternary nitrogens is 2. The molecular formula is C39H52N4O7S2. The zero-order valence-electron chi connectivity index (χ0n) is 31.2. The second kappa shape index (κ2) is 15.9. The summed E-state index contributed by atoms with van der Waals surface area (Å²) >= 11 is -3.02. The van der Waals surface area contributed by atoms with E-state index in [1.165, 1.54) is 66.9 Å². The molecule has 0 amide bonds. The summed E-state index contributed by atoms with van der Waals surface area (Å²) in [5, 5.41) is 21.0. The molecule has 2 aliphatic heterocycles. The molecular weight excluding hydrogens is 701 g/mol. The largest absolute Gasteiger partial charge is 0.744 e. The van der Waals surface area contributed by atoms with Crippen molar-refractivity contribution in [3.05, 3.63) is 66.2 Å². The molecule has 11 nitrogen and oxygen atoms in total. The Labute approximate surface area is 310 Å². The lowest BCUT2D eigenvalue weighted by molar-refractivity contribution is -0.881. The Morgan fingerprint density at radius 1 is 0.808 bits per heavy atom. The quantitative estimate of drug-likeness (QED) is 0.0754. The lowest BCUT2D eigenvalue weighted by Crippen LogP contribution is -2.37. The van der Waals surface area contributed by atoms with E-state index in [9.17, 15) is 26.8 Å². The maximum Gasteiger partial charge on any atom is 0.188 e. The molecule has 0 bridgehead atoms. The molecule has 4 aromatic rings. The maximum absolute atomic E-state index is 11.4. The molecule has 52 heavy (non-hydrogen) atoms. The number of aromatic hydroxyl groups is 1. The standard InChI is InChI=1S/C21H16N2O7S2.C18H38N2/c1-12-6-9-18(17-5-3-2-4-15(12)17)22-23-20-16-8-7-14(32(27,28)29)10-13(16)11-19(21(20)24)30-31(25)26;1-7-15-11-19(3,4)13-17(15)9-10-18-14-20(5,6)12-16(18)8-2/h2-11,24H,1H3,(H,25,26)(H,27,28,29);15-18H,7-14H2,1-6H3/q;+2/p-2. The van der Waals surface area contributed by atoms with Crippen molar-refractivity contribution in [1.82, 2.24) is 0 Å². The van der Waals surface area contributed by atoms with E-state index in [2.05, 4.69) is 56.4 Å². The molecule has 2 fully saturated rings. The van der Waals surface area contributed by atoms with Gasteiger partial charge in [0.25, 0.3) is 0 Å². The molecule has 0 aromatic heterocycles. The smallest absolute Gasteiger partial charge is 0.188 e. The monoisotopic (exact) mass is 752 g/mol. The number of hydrogen-bond donors (Lipinski definition) is 1. The number of phenols is 1. The van der Waals surface area contributed by atoms with Gasteiger partial charge in [0, 0.05) is 34.4 Å². The number of benzene rings is 4. The summed E-state index contributed by atoms with van der Waals surface area (Å²) in [7, 11) is 4.93. The Morgan fingerprint density at radius 3 is 1.90 bits per heavy atom.